The number of aromatic carboxylic acids is 1. The van der Waals surface area contributed by atoms with Crippen LogP contribution in [-0.2, 0) is 0 Å². The van der Waals surface area contributed by atoms with Gasteiger partial charge >= 0.3 is 5.97 Å². The van der Waals surface area contributed by atoms with Gasteiger partial charge in [-0.15, -0.1) is 0 Å². The summed E-state index contributed by atoms with van der Waals surface area (Å²) in [5, 5.41) is 11.7. The van der Waals surface area contributed by atoms with Crippen LogP contribution in [0.25, 0.3) is 0 Å². The third-order valence-corrected chi connectivity index (χ3v) is 2.86. The van der Waals surface area contributed by atoms with Gasteiger partial charge in [-0.05, 0) is 19.3 Å². The molecule has 0 radical (unpaired) electrons. The minimum atomic E-state index is -1.19. The maximum atomic E-state index is 11.9. The van der Waals surface area contributed by atoms with Crippen molar-refractivity contribution in [1.29, 1.82) is 0 Å². The van der Waals surface area contributed by atoms with Gasteiger partial charge in [0.05, 0.1) is 6.33 Å². The third kappa shape index (κ3) is 4.73. The molecule has 6 heteroatoms. The van der Waals surface area contributed by atoms with Gasteiger partial charge in [0.15, 0.2) is 11.4 Å². The zero-order valence-electron chi connectivity index (χ0n) is 11.6. The summed E-state index contributed by atoms with van der Waals surface area (Å²) in [4.78, 5) is 28.9. The number of carboxylic acids is 1. The van der Waals surface area contributed by atoms with E-state index in [2.05, 4.69) is 29.1 Å². The number of carbonyl (C=O) groups excluding carboxylic acids is 1. The summed E-state index contributed by atoms with van der Waals surface area (Å²) in [6.45, 7) is 6.23. The molecule has 6 nitrogen and oxygen atoms in total. The van der Waals surface area contributed by atoms with Crippen molar-refractivity contribution in [3.8, 4) is 0 Å². The molecule has 0 aromatic carbocycles. The molecule has 0 aliphatic rings. The maximum absolute atomic E-state index is 11.9. The highest BCUT2D eigenvalue weighted by Gasteiger charge is 2.20. The molecular weight excluding hydrogens is 246 g/mol. The molecule has 1 rings (SSSR count). The molecule has 106 valence electrons. The van der Waals surface area contributed by atoms with E-state index >= 15 is 0 Å². The monoisotopic (exact) mass is 267 g/mol. The lowest BCUT2D eigenvalue weighted by Crippen LogP contribution is -2.33. The van der Waals surface area contributed by atoms with E-state index in [1.807, 2.05) is 6.92 Å². The molecule has 1 atom stereocenters. The summed E-state index contributed by atoms with van der Waals surface area (Å²) in [5.74, 6) is -0.987. The fourth-order valence-corrected chi connectivity index (χ4v) is 1.83. The van der Waals surface area contributed by atoms with E-state index in [1.54, 1.807) is 0 Å². The van der Waals surface area contributed by atoms with Crippen LogP contribution >= 0.6 is 0 Å². The summed E-state index contributed by atoms with van der Waals surface area (Å²) in [5.41, 5.74) is -0.241. The number of amides is 1. The van der Waals surface area contributed by atoms with Crippen LogP contribution in [0.5, 0.6) is 0 Å². The van der Waals surface area contributed by atoms with Crippen molar-refractivity contribution in [2.75, 3.05) is 0 Å². The first-order valence-electron chi connectivity index (χ1n) is 6.49. The van der Waals surface area contributed by atoms with Crippen molar-refractivity contribution < 1.29 is 14.7 Å². The molecule has 1 unspecified atom stereocenters. The van der Waals surface area contributed by atoms with Gasteiger partial charge in [0.2, 0.25) is 0 Å². The second-order valence-corrected chi connectivity index (χ2v) is 5.13. The fraction of sp³-hybridized carbons (Fsp3) is 0.615. The van der Waals surface area contributed by atoms with Crippen molar-refractivity contribution in [3.05, 3.63) is 17.7 Å². The molecule has 0 spiro atoms. The predicted octanol–water partition coefficient (Wildman–Crippen LogP) is 2.05. The Morgan fingerprint density at radius 3 is 2.63 bits per heavy atom. The van der Waals surface area contributed by atoms with Gasteiger partial charge in [-0.2, -0.15) is 0 Å². The molecule has 1 aromatic rings. The number of rotatable bonds is 7. The Hall–Kier alpha value is -1.85. The lowest BCUT2D eigenvalue weighted by atomic mass is 10.0. The molecule has 19 heavy (non-hydrogen) atoms. The summed E-state index contributed by atoms with van der Waals surface area (Å²) in [6.07, 6.45) is 4.23. The smallest absolute Gasteiger partial charge is 0.354 e. The van der Waals surface area contributed by atoms with Crippen molar-refractivity contribution in [2.45, 2.75) is 46.1 Å². The van der Waals surface area contributed by atoms with Gasteiger partial charge in [0.25, 0.3) is 5.91 Å². The van der Waals surface area contributed by atoms with E-state index in [4.69, 9.17) is 5.11 Å². The van der Waals surface area contributed by atoms with Gasteiger partial charge in [0.1, 0.15) is 0 Å². The van der Waals surface area contributed by atoms with Crippen LogP contribution in [0.4, 0.5) is 0 Å². The Kier molecular flexibility index (Phi) is 5.54. The number of nitrogens with zero attached hydrogens (tertiary/aromatic N) is 1. The summed E-state index contributed by atoms with van der Waals surface area (Å²) >= 11 is 0. The highest BCUT2D eigenvalue weighted by Crippen LogP contribution is 2.09. The Morgan fingerprint density at radius 2 is 2.05 bits per heavy atom. The van der Waals surface area contributed by atoms with E-state index in [0.717, 1.165) is 19.3 Å². The number of hydrogen-bond acceptors (Lipinski definition) is 3. The molecule has 0 aliphatic carbocycles. The molecule has 3 N–H and O–H groups in total. The SMILES string of the molecule is CC(C)CCCC(C)NC(=O)c1nc[nH]c1C(=O)O. The first-order chi connectivity index (χ1) is 8.91. The number of H-pyrrole nitrogens is 1. The molecule has 0 bridgehead atoms. The van der Waals surface area contributed by atoms with Crippen LogP contribution in [0.15, 0.2) is 6.33 Å². The van der Waals surface area contributed by atoms with Gasteiger partial charge in [-0.25, -0.2) is 9.78 Å². The van der Waals surface area contributed by atoms with Crippen LogP contribution in [-0.4, -0.2) is 33.0 Å². The van der Waals surface area contributed by atoms with Crippen molar-refractivity contribution in [2.24, 2.45) is 5.92 Å². The largest absolute Gasteiger partial charge is 0.477 e. The Labute approximate surface area is 112 Å². The van der Waals surface area contributed by atoms with Crippen LogP contribution in [0, 0.1) is 5.92 Å². The Bertz CT molecular complexity index is 440. The maximum Gasteiger partial charge on any atom is 0.354 e. The lowest BCUT2D eigenvalue weighted by Gasteiger charge is -2.13. The number of nitrogens with one attached hydrogen (secondary N) is 2. The van der Waals surface area contributed by atoms with E-state index in [9.17, 15) is 9.59 Å². The van der Waals surface area contributed by atoms with Crippen LogP contribution < -0.4 is 5.32 Å². The summed E-state index contributed by atoms with van der Waals surface area (Å²) < 4.78 is 0. The summed E-state index contributed by atoms with van der Waals surface area (Å²) in [6, 6.07) is 0.00425. The van der Waals surface area contributed by atoms with E-state index in [0.29, 0.717) is 5.92 Å². The fourth-order valence-electron chi connectivity index (χ4n) is 1.83. The molecule has 1 heterocycles. The highest BCUT2D eigenvalue weighted by atomic mass is 16.4. The zero-order chi connectivity index (χ0) is 14.4. The molecule has 0 saturated heterocycles. The first-order valence-corrected chi connectivity index (χ1v) is 6.49. The number of carboxylic acid groups (broad SMARTS) is 1. The second-order valence-electron chi connectivity index (χ2n) is 5.13. The Morgan fingerprint density at radius 1 is 1.37 bits per heavy atom. The number of aromatic amines is 1. The molecular formula is C13H21N3O3. The number of hydrogen-bond donors (Lipinski definition) is 3. The molecule has 1 aromatic heterocycles. The minimum absolute atomic E-state index is 0.00425. The molecule has 0 saturated carbocycles. The van der Waals surface area contributed by atoms with Crippen LogP contribution in [0.2, 0.25) is 0 Å². The second kappa shape index (κ2) is 6.92. The van der Waals surface area contributed by atoms with E-state index in [1.165, 1.54) is 6.33 Å². The quantitative estimate of drug-likeness (QED) is 0.704. The predicted molar refractivity (Wildman–Crippen MR) is 71.2 cm³/mol. The van der Waals surface area contributed by atoms with Crippen molar-refractivity contribution in [3.63, 3.8) is 0 Å². The van der Waals surface area contributed by atoms with Gasteiger partial charge in [-0.3, -0.25) is 4.79 Å². The number of carbonyl (C=O) groups is 2. The van der Waals surface area contributed by atoms with Gasteiger partial charge < -0.3 is 15.4 Å². The van der Waals surface area contributed by atoms with Gasteiger partial charge in [0, 0.05) is 6.04 Å². The number of aromatic nitrogens is 2. The lowest BCUT2D eigenvalue weighted by molar-refractivity contribution is 0.0684. The minimum Gasteiger partial charge on any atom is -0.477 e. The summed E-state index contributed by atoms with van der Waals surface area (Å²) in [7, 11) is 0. The zero-order valence-corrected chi connectivity index (χ0v) is 11.6. The highest BCUT2D eigenvalue weighted by molar-refractivity contribution is 6.02. The van der Waals surface area contributed by atoms with Crippen molar-refractivity contribution in [1.82, 2.24) is 15.3 Å². The van der Waals surface area contributed by atoms with Gasteiger partial charge in [-0.1, -0.05) is 26.7 Å². The van der Waals surface area contributed by atoms with E-state index < -0.39 is 11.9 Å². The van der Waals surface area contributed by atoms with E-state index in [-0.39, 0.29) is 17.4 Å². The third-order valence-electron chi connectivity index (χ3n) is 2.86. The van der Waals surface area contributed by atoms with Crippen LogP contribution in [0.3, 0.4) is 0 Å². The molecule has 1 amide bonds. The average Bonchev–Trinajstić information content (AvgIpc) is 2.77. The molecule has 0 aliphatic heterocycles. The standard InChI is InChI=1S/C13H21N3O3/c1-8(2)5-4-6-9(3)16-12(17)10-11(13(18)19)15-7-14-10/h7-9H,4-6H2,1-3H3,(H,14,15)(H,16,17)(H,18,19). The normalized spacial score (nSPS) is 12.4. The Balaban J connectivity index is 2.50. The molecule has 0 fully saturated rings. The van der Waals surface area contributed by atoms with Crippen molar-refractivity contribution >= 4 is 11.9 Å². The topological polar surface area (TPSA) is 95.1 Å². The van der Waals surface area contributed by atoms with Crippen LogP contribution in [0.1, 0.15) is 61.0 Å². The number of imidazole rings is 1. The average molecular weight is 267 g/mol. The first kappa shape index (κ1) is 15.2.